The molecule has 4 nitrogen and oxygen atoms in total. The first-order valence-electron chi connectivity index (χ1n) is 6.08. The summed E-state index contributed by atoms with van der Waals surface area (Å²) in [7, 11) is 1.56. The van der Waals surface area contributed by atoms with Crippen LogP contribution < -0.4 is 10.9 Å². The van der Waals surface area contributed by atoms with Crippen LogP contribution in [0.15, 0.2) is 35.1 Å². The molecule has 0 bridgehead atoms. The maximum Gasteiger partial charge on any atom is 0.268 e. The van der Waals surface area contributed by atoms with E-state index in [-0.39, 0.29) is 10.7 Å². The highest BCUT2D eigenvalue weighted by molar-refractivity contribution is 6.32. The Bertz CT molecular complexity index is 632. The number of benzene rings is 1. The van der Waals surface area contributed by atoms with Crippen molar-refractivity contribution in [3.05, 3.63) is 51.4 Å². The van der Waals surface area contributed by atoms with Gasteiger partial charge in [0.25, 0.3) is 5.56 Å². The minimum atomic E-state index is -0.203. The molecular formula is C14H16ClN3O. The molecule has 0 aliphatic heterocycles. The van der Waals surface area contributed by atoms with Gasteiger partial charge in [-0.25, -0.2) is 4.68 Å². The van der Waals surface area contributed by atoms with Gasteiger partial charge in [-0.2, -0.15) is 5.10 Å². The predicted octanol–water partition coefficient (Wildman–Crippen LogP) is 3.30. The summed E-state index contributed by atoms with van der Waals surface area (Å²) < 4.78 is 1.20. The molecule has 0 radical (unpaired) electrons. The summed E-state index contributed by atoms with van der Waals surface area (Å²) in [5.74, 6) is 0.489. The van der Waals surface area contributed by atoms with Crippen LogP contribution in [0.2, 0.25) is 5.15 Å². The van der Waals surface area contributed by atoms with Gasteiger partial charge in [0.15, 0.2) is 5.15 Å². The zero-order valence-corrected chi connectivity index (χ0v) is 11.9. The molecule has 0 spiro atoms. The summed E-state index contributed by atoms with van der Waals surface area (Å²) in [6, 6.07) is 9.46. The van der Waals surface area contributed by atoms with Gasteiger partial charge in [-0.1, -0.05) is 37.6 Å². The maximum absolute atomic E-state index is 11.5. The lowest BCUT2D eigenvalue weighted by atomic mass is 10.0. The van der Waals surface area contributed by atoms with Crippen LogP contribution in [-0.2, 0) is 7.05 Å². The van der Waals surface area contributed by atoms with E-state index in [4.69, 9.17) is 11.6 Å². The highest BCUT2D eigenvalue weighted by Gasteiger charge is 2.06. The Morgan fingerprint density at radius 1 is 1.26 bits per heavy atom. The van der Waals surface area contributed by atoms with Crippen molar-refractivity contribution >= 4 is 23.0 Å². The van der Waals surface area contributed by atoms with E-state index in [1.54, 1.807) is 7.05 Å². The SMILES string of the molecule is CC(C)c1ccc(Nc2cc(=O)n(C)nc2Cl)cc1. The summed E-state index contributed by atoms with van der Waals surface area (Å²) in [5.41, 5.74) is 2.45. The number of aryl methyl sites for hydroxylation is 1. The highest BCUT2D eigenvalue weighted by Crippen LogP contribution is 2.23. The molecule has 0 saturated carbocycles. The molecule has 0 unspecified atom stereocenters. The quantitative estimate of drug-likeness (QED) is 0.936. The van der Waals surface area contributed by atoms with Crippen LogP contribution in [0.1, 0.15) is 25.3 Å². The van der Waals surface area contributed by atoms with Gasteiger partial charge in [-0.05, 0) is 23.6 Å². The molecule has 0 amide bonds. The molecule has 2 rings (SSSR count). The highest BCUT2D eigenvalue weighted by atomic mass is 35.5. The van der Waals surface area contributed by atoms with Crippen molar-refractivity contribution in [3.8, 4) is 0 Å². The zero-order valence-electron chi connectivity index (χ0n) is 11.1. The number of nitrogens with zero attached hydrogens (tertiary/aromatic N) is 2. The molecule has 5 heteroatoms. The smallest absolute Gasteiger partial charge is 0.268 e. The summed E-state index contributed by atoms with van der Waals surface area (Å²) in [4.78, 5) is 11.5. The number of hydrogen-bond donors (Lipinski definition) is 1. The third kappa shape index (κ3) is 3.15. The van der Waals surface area contributed by atoms with Gasteiger partial charge in [0.2, 0.25) is 0 Å². The average Bonchev–Trinajstić information content (AvgIpc) is 2.36. The van der Waals surface area contributed by atoms with Crippen molar-refractivity contribution in [1.82, 2.24) is 9.78 Å². The van der Waals surface area contributed by atoms with Crippen LogP contribution in [0.4, 0.5) is 11.4 Å². The van der Waals surface area contributed by atoms with Crippen LogP contribution in [0.25, 0.3) is 0 Å². The fourth-order valence-corrected chi connectivity index (χ4v) is 1.92. The molecule has 1 N–H and O–H groups in total. The maximum atomic E-state index is 11.5. The van der Waals surface area contributed by atoms with Crippen molar-refractivity contribution in [3.63, 3.8) is 0 Å². The summed E-state index contributed by atoms with van der Waals surface area (Å²) >= 11 is 6.00. The summed E-state index contributed by atoms with van der Waals surface area (Å²) in [5, 5.41) is 7.29. The van der Waals surface area contributed by atoms with Gasteiger partial charge in [0.05, 0.1) is 5.69 Å². The lowest BCUT2D eigenvalue weighted by Crippen LogP contribution is -2.19. The van der Waals surface area contributed by atoms with Gasteiger partial charge in [0, 0.05) is 18.8 Å². The Balaban J connectivity index is 2.26. The minimum Gasteiger partial charge on any atom is -0.353 e. The molecule has 100 valence electrons. The molecule has 2 aromatic rings. The molecular weight excluding hydrogens is 262 g/mol. The summed E-state index contributed by atoms with van der Waals surface area (Å²) in [6.07, 6.45) is 0. The number of nitrogens with one attached hydrogen (secondary N) is 1. The third-order valence-corrected chi connectivity index (χ3v) is 3.18. The molecule has 1 aromatic carbocycles. The Labute approximate surface area is 117 Å². The van der Waals surface area contributed by atoms with E-state index in [0.29, 0.717) is 11.6 Å². The topological polar surface area (TPSA) is 46.9 Å². The van der Waals surface area contributed by atoms with Gasteiger partial charge in [-0.3, -0.25) is 4.79 Å². The van der Waals surface area contributed by atoms with Crippen LogP contribution in [0.5, 0.6) is 0 Å². The lowest BCUT2D eigenvalue weighted by molar-refractivity contribution is 0.709. The molecule has 1 heterocycles. The molecule has 1 aromatic heterocycles. The first-order valence-corrected chi connectivity index (χ1v) is 6.46. The normalized spacial score (nSPS) is 10.8. The second kappa shape index (κ2) is 5.45. The molecule has 0 atom stereocenters. The Morgan fingerprint density at radius 3 is 2.47 bits per heavy atom. The lowest BCUT2D eigenvalue weighted by Gasteiger charge is -2.10. The monoisotopic (exact) mass is 277 g/mol. The first-order chi connectivity index (χ1) is 8.97. The fraction of sp³-hybridized carbons (Fsp3) is 0.286. The molecule has 0 saturated heterocycles. The van der Waals surface area contributed by atoms with Gasteiger partial charge in [-0.15, -0.1) is 0 Å². The number of hydrogen-bond acceptors (Lipinski definition) is 3. The van der Waals surface area contributed by atoms with Gasteiger partial charge in [0.1, 0.15) is 0 Å². The average molecular weight is 278 g/mol. The molecule has 0 aliphatic carbocycles. The predicted molar refractivity (Wildman–Crippen MR) is 78.3 cm³/mol. The van der Waals surface area contributed by atoms with Gasteiger partial charge < -0.3 is 5.32 Å². The van der Waals surface area contributed by atoms with Gasteiger partial charge >= 0.3 is 0 Å². The second-order valence-corrected chi connectivity index (χ2v) is 5.07. The van der Waals surface area contributed by atoms with Crippen LogP contribution in [0.3, 0.4) is 0 Å². The van der Waals surface area contributed by atoms with E-state index in [9.17, 15) is 4.79 Å². The van der Waals surface area contributed by atoms with Crippen molar-refractivity contribution < 1.29 is 0 Å². The number of aromatic nitrogens is 2. The Kier molecular flexibility index (Phi) is 3.90. The number of halogens is 1. The fourth-order valence-electron chi connectivity index (χ4n) is 1.71. The minimum absolute atomic E-state index is 0.203. The molecule has 0 aliphatic rings. The summed E-state index contributed by atoms with van der Waals surface area (Å²) in [6.45, 7) is 4.29. The largest absolute Gasteiger partial charge is 0.353 e. The van der Waals surface area contributed by atoms with Crippen molar-refractivity contribution in [2.24, 2.45) is 7.05 Å². The van der Waals surface area contributed by atoms with Crippen LogP contribution >= 0.6 is 11.6 Å². The van der Waals surface area contributed by atoms with E-state index in [0.717, 1.165) is 5.69 Å². The van der Waals surface area contributed by atoms with E-state index in [2.05, 4.69) is 36.4 Å². The van der Waals surface area contributed by atoms with Crippen LogP contribution in [-0.4, -0.2) is 9.78 Å². The zero-order chi connectivity index (χ0) is 14.0. The van der Waals surface area contributed by atoms with Crippen LogP contribution in [0, 0.1) is 0 Å². The van der Waals surface area contributed by atoms with E-state index < -0.39 is 0 Å². The number of anilines is 2. The Hall–Kier alpha value is -1.81. The van der Waals surface area contributed by atoms with E-state index in [1.165, 1.54) is 16.3 Å². The van der Waals surface area contributed by atoms with Crippen molar-refractivity contribution in [2.75, 3.05) is 5.32 Å². The standard InChI is InChI=1S/C14H16ClN3O/c1-9(2)10-4-6-11(7-5-10)16-12-8-13(19)18(3)17-14(12)15/h4-9,16H,1-3H3. The molecule has 19 heavy (non-hydrogen) atoms. The third-order valence-electron chi connectivity index (χ3n) is 2.90. The Morgan fingerprint density at radius 2 is 1.89 bits per heavy atom. The van der Waals surface area contributed by atoms with Crippen molar-refractivity contribution in [1.29, 1.82) is 0 Å². The van der Waals surface area contributed by atoms with Crippen molar-refractivity contribution in [2.45, 2.75) is 19.8 Å². The van der Waals surface area contributed by atoms with E-state index in [1.807, 2.05) is 12.1 Å². The second-order valence-electron chi connectivity index (χ2n) is 4.71. The van der Waals surface area contributed by atoms with E-state index >= 15 is 0 Å². The molecule has 0 fully saturated rings. The first kappa shape index (κ1) is 13.6. The number of rotatable bonds is 3.